The number of rotatable bonds is 7. The van der Waals surface area contributed by atoms with Crippen molar-refractivity contribution in [1.29, 1.82) is 5.41 Å². The van der Waals surface area contributed by atoms with E-state index >= 15 is 0 Å². The first-order valence-corrected chi connectivity index (χ1v) is 8.09. The second-order valence-electron chi connectivity index (χ2n) is 4.98. The highest BCUT2D eigenvalue weighted by molar-refractivity contribution is 7.14. The molecular formula is C14H22N6S. The molecular weight excluding hydrogens is 284 g/mol. The average molecular weight is 306 g/mol. The van der Waals surface area contributed by atoms with E-state index in [4.69, 9.17) is 11.1 Å². The van der Waals surface area contributed by atoms with Gasteiger partial charge in [0.2, 0.25) is 0 Å². The van der Waals surface area contributed by atoms with Crippen LogP contribution >= 0.6 is 11.3 Å². The minimum atomic E-state index is 0.0469. The van der Waals surface area contributed by atoms with Crippen molar-refractivity contribution < 1.29 is 0 Å². The van der Waals surface area contributed by atoms with Crippen LogP contribution in [0.1, 0.15) is 38.4 Å². The molecule has 2 aromatic rings. The minimum Gasteiger partial charge on any atom is -0.370 e. The lowest BCUT2D eigenvalue weighted by Crippen LogP contribution is -2.37. The quantitative estimate of drug-likeness (QED) is 0.416. The molecule has 7 heteroatoms. The molecule has 0 bridgehead atoms. The standard InChI is InChI=1S/C14H22N6S/c1-3-4-5-6-7-20(13(15)16)14-19-12(9-21-14)11-8-17-10(2)18-11/h8-9H,3-7H2,1-2H3,(H3,15,16)(H,17,18). The van der Waals surface area contributed by atoms with E-state index in [9.17, 15) is 0 Å². The number of aromatic amines is 1. The first-order chi connectivity index (χ1) is 10.1. The maximum Gasteiger partial charge on any atom is 0.194 e. The van der Waals surface area contributed by atoms with Crippen LogP contribution in [0.3, 0.4) is 0 Å². The van der Waals surface area contributed by atoms with E-state index in [0.29, 0.717) is 0 Å². The molecule has 0 saturated heterocycles. The fourth-order valence-electron chi connectivity index (χ4n) is 2.07. The van der Waals surface area contributed by atoms with Crippen molar-refractivity contribution in [3.8, 4) is 11.4 Å². The van der Waals surface area contributed by atoms with Crippen molar-refractivity contribution in [2.24, 2.45) is 5.73 Å². The zero-order chi connectivity index (χ0) is 15.2. The number of nitrogens with zero attached hydrogens (tertiary/aromatic N) is 3. The van der Waals surface area contributed by atoms with Crippen molar-refractivity contribution in [3.63, 3.8) is 0 Å². The summed E-state index contributed by atoms with van der Waals surface area (Å²) in [7, 11) is 0. The summed E-state index contributed by atoms with van der Waals surface area (Å²) in [5.74, 6) is 0.910. The maximum atomic E-state index is 7.74. The summed E-state index contributed by atoms with van der Waals surface area (Å²) in [5, 5.41) is 10.4. The molecule has 2 aromatic heterocycles. The summed E-state index contributed by atoms with van der Waals surface area (Å²) >= 11 is 1.49. The van der Waals surface area contributed by atoms with E-state index in [1.54, 1.807) is 4.90 Å². The summed E-state index contributed by atoms with van der Waals surface area (Å²) in [6.45, 7) is 4.83. The van der Waals surface area contributed by atoms with Gasteiger partial charge in [0, 0.05) is 18.1 Å². The molecule has 4 N–H and O–H groups in total. The molecule has 2 rings (SSSR count). The summed E-state index contributed by atoms with van der Waals surface area (Å²) < 4.78 is 0. The molecule has 2 heterocycles. The first-order valence-electron chi connectivity index (χ1n) is 7.21. The summed E-state index contributed by atoms with van der Waals surface area (Å²) in [5.41, 5.74) is 7.33. The van der Waals surface area contributed by atoms with Gasteiger partial charge >= 0.3 is 0 Å². The van der Waals surface area contributed by atoms with Crippen LogP contribution in [0.5, 0.6) is 0 Å². The van der Waals surface area contributed by atoms with E-state index in [1.807, 2.05) is 18.5 Å². The Morgan fingerprint density at radius 1 is 1.33 bits per heavy atom. The van der Waals surface area contributed by atoms with Crippen LogP contribution in [0.4, 0.5) is 5.13 Å². The maximum absolute atomic E-state index is 7.74. The van der Waals surface area contributed by atoms with Crippen LogP contribution in [0.25, 0.3) is 11.4 Å². The monoisotopic (exact) mass is 306 g/mol. The lowest BCUT2D eigenvalue weighted by molar-refractivity contribution is 0.670. The van der Waals surface area contributed by atoms with Crippen LogP contribution in [0.2, 0.25) is 0 Å². The van der Waals surface area contributed by atoms with Crippen molar-refractivity contribution in [1.82, 2.24) is 15.0 Å². The summed E-state index contributed by atoms with van der Waals surface area (Å²) in [4.78, 5) is 13.7. The lowest BCUT2D eigenvalue weighted by Gasteiger charge is -2.19. The zero-order valence-corrected chi connectivity index (χ0v) is 13.3. The number of nitrogens with two attached hydrogens (primary N) is 1. The van der Waals surface area contributed by atoms with Crippen molar-refractivity contribution >= 4 is 22.4 Å². The number of H-pyrrole nitrogens is 1. The summed E-state index contributed by atoms with van der Waals surface area (Å²) in [6.07, 6.45) is 6.41. The normalized spacial score (nSPS) is 10.8. The van der Waals surface area contributed by atoms with Gasteiger partial charge in [0.25, 0.3) is 0 Å². The third-order valence-electron chi connectivity index (χ3n) is 3.22. The van der Waals surface area contributed by atoms with E-state index < -0.39 is 0 Å². The van der Waals surface area contributed by atoms with Gasteiger partial charge in [-0.1, -0.05) is 26.2 Å². The number of unbranched alkanes of at least 4 members (excludes halogenated alkanes) is 3. The van der Waals surface area contributed by atoms with E-state index in [-0.39, 0.29) is 5.96 Å². The topological polar surface area (TPSA) is 94.7 Å². The highest BCUT2D eigenvalue weighted by Gasteiger charge is 2.15. The number of hydrogen-bond donors (Lipinski definition) is 3. The average Bonchev–Trinajstić information content (AvgIpc) is 3.07. The Balaban J connectivity index is 2.07. The van der Waals surface area contributed by atoms with Gasteiger partial charge in [0.05, 0.1) is 0 Å². The molecule has 6 nitrogen and oxygen atoms in total. The van der Waals surface area contributed by atoms with Crippen LogP contribution in [-0.2, 0) is 0 Å². The largest absolute Gasteiger partial charge is 0.370 e. The number of aromatic nitrogens is 3. The molecule has 0 radical (unpaired) electrons. The third kappa shape index (κ3) is 4.04. The number of aryl methyl sites for hydroxylation is 1. The Morgan fingerprint density at radius 3 is 2.76 bits per heavy atom. The lowest BCUT2D eigenvalue weighted by atomic mass is 10.2. The van der Waals surface area contributed by atoms with Gasteiger partial charge < -0.3 is 10.7 Å². The highest BCUT2D eigenvalue weighted by Crippen LogP contribution is 2.26. The van der Waals surface area contributed by atoms with Gasteiger partial charge in [0.1, 0.15) is 17.2 Å². The van der Waals surface area contributed by atoms with E-state index in [1.165, 1.54) is 24.2 Å². The van der Waals surface area contributed by atoms with Crippen molar-refractivity contribution in [3.05, 3.63) is 17.4 Å². The molecule has 0 fully saturated rings. The van der Waals surface area contributed by atoms with Crippen LogP contribution in [-0.4, -0.2) is 27.5 Å². The first kappa shape index (κ1) is 15.5. The Bertz CT molecular complexity index is 588. The minimum absolute atomic E-state index is 0.0469. The molecule has 0 aliphatic rings. The fourth-order valence-corrected chi connectivity index (χ4v) is 2.93. The summed E-state index contributed by atoms with van der Waals surface area (Å²) in [6, 6.07) is 0. The van der Waals surface area contributed by atoms with Crippen LogP contribution in [0, 0.1) is 12.3 Å². The van der Waals surface area contributed by atoms with Gasteiger partial charge in [-0.05, 0) is 13.3 Å². The van der Waals surface area contributed by atoms with E-state index in [0.717, 1.165) is 41.7 Å². The highest BCUT2D eigenvalue weighted by atomic mass is 32.1. The Labute approximate surface area is 128 Å². The molecule has 114 valence electrons. The second kappa shape index (κ2) is 7.21. The van der Waals surface area contributed by atoms with Gasteiger partial charge in [-0.3, -0.25) is 10.3 Å². The Hall–Kier alpha value is -1.89. The smallest absolute Gasteiger partial charge is 0.194 e. The molecule has 0 aliphatic carbocycles. The molecule has 0 aliphatic heterocycles. The molecule has 0 atom stereocenters. The SMILES string of the molecule is CCCCCCN(C(=N)N)c1nc(-c2c[nH]c(C)n2)cs1. The molecule has 0 unspecified atom stereocenters. The molecule has 0 saturated carbocycles. The van der Waals surface area contributed by atoms with Gasteiger partial charge in [-0.2, -0.15) is 0 Å². The molecule has 0 amide bonds. The Morgan fingerprint density at radius 2 is 2.14 bits per heavy atom. The van der Waals surface area contributed by atoms with Crippen LogP contribution in [0.15, 0.2) is 11.6 Å². The fraction of sp³-hybridized carbons (Fsp3) is 0.500. The van der Waals surface area contributed by atoms with Crippen LogP contribution < -0.4 is 10.6 Å². The van der Waals surface area contributed by atoms with Gasteiger partial charge in [-0.15, -0.1) is 11.3 Å². The number of anilines is 1. The number of thiazole rings is 1. The van der Waals surface area contributed by atoms with Crippen molar-refractivity contribution in [2.75, 3.05) is 11.4 Å². The zero-order valence-electron chi connectivity index (χ0n) is 12.5. The van der Waals surface area contributed by atoms with Gasteiger partial charge in [0.15, 0.2) is 11.1 Å². The second-order valence-corrected chi connectivity index (χ2v) is 5.82. The predicted octanol–water partition coefficient (Wildman–Crippen LogP) is 3.12. The molecule has 21 heavy (non-hydrogen) atoms. The molecule has 0 spiro atoms. The third-order valence-corrected chi connectivity index (χ3v) is 4.08. The molecule has 0 aromatic carbocycles. The predicted molar refractivity (Wildman–Crippen MR) is 87.8 cm³/mol. The Kier molecular flexibility index (Phi) is 5.32. The number of nitrogens with one attached hydrogen (secondary N) is 2. The van der Waals surface area contributed by atoms with Gasteiger partial charge in [-0.25, -0.2) is 9.97 Å². The number of imidazole rings is 1. The number of guanidine groups is 1. The number of hydrogen-bond acceptors (Lipinski definition) is 4. The van der Waals surface area contributed by atoms with E-state index in [2.05, 4.69) is 21.9 Å². The van der Waals surface area contributed by atoms with Crippen molar-refractivity contribution in [2.45, 2.75) is 39.5 Å².